The van der Waals surface area contributed by atoms with Crippen LogP contribution >= 0.6 is 0 Å². The van der Waals surface area contributed by atoms with E-state index in [0.717, 1.165) is 16.7 Å². The number of allylic oxidation sites excluding steroid dienone is 1. The van der Waals surface area contributed by atoms with Crippen LogP contribution in [0.5, 0.6) is 23.0 Å². The van der Waals surface area contributed by atoms with Crippen molar-refractivity contribution in [2.24, 2.45) is 0 Å². The summed E-state index contributed by atoms with van der Waals surface area (Å²) in [6.45, 7) is 4.17. The fourth-order valence-corrected chi connectivity index (χ4v) is 4.01. The topological polar surface area (TPSA) is 88.5 Å². The van der Waals surface area contributed by atoms with Crippen LogP contribution in [0.15, 0.2) is 30.3 Å². The average Bonchev–Trinajstić information content (AvgIpc) is 3.05. The summed E-state index contributed by atoms with van der Waals surface area (Å²) in [5, 5.41) is 19.6. The lowest BCUT2D eigenvalue weighted by Crippen LogP contribution is -2.25. The predicted molar refractivity (Wildman–Crippen MR) is 118 cm³/mol. The molecule has 0 saturated carbocycles. The molecule has 1 aliphatic rings. The van der Waals surface area contributed by atoms with Crippen LogP contribution in [-0.4, -0.2) is 48.9 Å². The predicted octanol–water partition coefficient (Wildman–Crippen LogP) is 4.20. The number of fused-ring (bicyclic) bond motifs is 1. The number of aliphatic carboxylic acids is 1. The molecule has 1 aliphatic heterocycles. The number of nitrogens with zero attached hydrogens (tertiary/aromatic N) is 1. The molecule has 7 nitrogen and oxygen atoms in total. The molecule has 0 spiro atoms. The van der Waals surface area contributed by atoms with Crippen LogP contribution in [0.1, 0.15) is 48.1 Å². The molecule has 31 heavy (non-hydrogen) atoms. The molecule has 0 amide bonds. The molecule has 0 saturated heterocycles. The summed E-state index contributed by atoms with van der Waals surface area (Å²) >= 11 is 0. The summed E-state index contributed by atoms with van der Waals surface area (Å²) in [5.74, 6) is 0.811. The zero-order valence-electron chi connectivity index (χ0n) is 18.5. The first kappa shape index (κ1) is 22.5. The average molecular weight is 427 g/mol. The van der Waals surface area contributed by atoms with Gasteiger partial charge in [0.15, 0.2) is 23.0 Å². The summed E-state index contributed by atoms with van der Waals surface area (Å²) in [4.78, 5) is 12.6. The number of likely N-dealkylation sites (N-methyl/N-ethyl adjacent to an activating group) is 1. The second-order valence-electron chi connectivity index (χ2n) is 7.77. The molecule has 2 N–H and O–H groups in total. The van der Waals surface area contributed by atoms with Gasteiger partial charge in [0.25, 0.3) is 0 Å². The highest BCUT2D eigenvalue weighted by molar-refractivity contribution is 5.69. The first-order valence-electron chi connectivity index (χ1n) is 10.1. The smallest absolute Gasteiger partial charge is 0.317 e. The molecule has 1 heterocycles. The SMILES string of the molecule is C/C=C/c1cc(OC)c2c(c1)[C@@H](C)[C@H](c1cc(CN(C)CC(=O)O)c(O)c(OC)c1)O2. The first-order valence-corrected chi connectivity index (χ1v) is 10.1. The van der Waals surface area contributed by atoms with Gasteiger partial charge in [-0.2, -0.15) is 0 Å². The minimum absolute atomic E-state index is 0.000368. The Bertz CT molecular complexity index is 1000. The summed E-state index contributed by atoms with van der Waals surface area (Å²) in [6.07, 6.45) is 3.69. The van der Waals surface area contributed by atoms with Gasteiger partial charge in [0, 0.05) is 23.6 Å². The lowest BCUT2D eigenvalue weighted by Gasteiger charge is -2.21. The number of phenols is 1. The van der Waals surface area contributed by atoms with Crippen molar-refractivity contribution in [1.82, 2.24) is 4.90 Å². The molecule has 2 aromatic rings. The Hall–Kier alpha value is -3.19. The van der Waals surface area contributed by atoms with Gasteiger partial charge < -0.3 is 24.4 Å². The van der Waals surface area contributed by atoms with Gasteiger partial charge in [-0.15, -0.1) is 0 Å². The number of rotatable bonds is 8. The third-order valence-electron chi connectivity index (χ3n) is 5.44. The zero-order valence-corrected chi connectivity index (χ0v) is 18.5. The monoisotopic (exact) mass is 427 g/mol. The Balaban J connectivity index is 2.00. The molecule has 2 aromatic carbocycles. The van der Waals surface area contributed by atoms with E-state index >= 15 is 0 Å². The van der Waals surface area contributed by atoms with Gasteiger partial charge in [0.1, 0.15) is 6.10 Å². The van der Waals surface area contributed by atoms with Gasteiger partial charge in [-0.3, -0.25) is 9.69 Å². The molecule has 7 heteroatoms. The molecule has 0 aliphatic carbocycles. The Morgan fingerprint density at radius 3 is 2.52 bits per heavy atom. The van der Waals surface area contributed by atoms with E-state index < -0.39 is 5.97 Å². The maximum Gasteiger partial charge on any atom is 0.317 e. The van der Waals surface area contributed by atoms with Crippen LogP contribution in [0.2, 0.25) is 0 Å². The van der Waals surface area contributed by atoms with Gasteiger partial charge in [0.05, 0.1) is 20.8 Å². The minimum Gasteiger partial charge on any atom is -0.504 e. The second kappa shape index (κ2) is 9.31. The number of carbonyl (C=O) groups is 1. The number of carboxylic acids is 1. The highest BCUT2D eigenvalue weighted by Gasteiger charge is 2.36. The van der Waals surface area contributed by atoms with E-state index in [4.69, 9.17) is 19.3 Å². The lowest BCUT2D eigenvalue weighted by atomic mass is 9.90. The van der Waals surface area contributed by atoms with Crippen LogP contribution in [0.4, 0.5) is 0 Å². The second-order valence-corrected chi connectivity index (χ2v) is 7.77. The number of benzene rings is 2. The highest BCUT2D eigenvalue weighted by Crippen LogP contribution is 2.51. The van der Waals surface area contributed by atoms with E-state index in [2.05, 4.69) is 13.0 Å². The van der Waals surface area contributed by atoms with Crippen molar-refractivity contribution in [2.75, 3.05) is 27.8 Å². The van der Waals surface area contributed by atoms with Crippen LogP contribution < -0.4 is 14.2 Å². The van der Waals surface area contributed by atoms with Gasteiger partial charge >= 0.3 is 5.97 Å². The highest BCUT2D eigenvalue weighted by atomic mass is 16.5. The van der Waals surface area contributed by atoms with Crippen LogP contribution in [0.3, 0.4) is 0 Å². The quantitative estimate of drug-likeness (QED) is 0.653. The van der Waals surface area contributed by atoms with Crippen molar-refractivity contribution < 1.29 is 29.2 Å². The van der Waals surface area contributed by atoms with E-state index in [1.54, 1.807) is 25.1 Å². The number of phenolic OH excluding ortho intramolecular Hbond substituents is 1. The Morgan fingerprint density at radius 1 is 1.19 bits per heavy atom. The van der Waals surface area contributed by atoms with Crippen molar-refractivity contribution in [1.29, 1.82) is 0 Å². The number of hydrogen-bond donors (Lipinski definition) is 2. The lowest BCUT2D eigenvalue weighted by molar-refractivity contribution is -0.138. The summed E-state index contributed by atoms with van der Waals surface area (Å²) in [7, 11) is 4.80. The first-order chi connectivity index (χ1) is 14.8. The number of carboxylic acid groups (broad SMARTS) is 1. The van der Waals surface area contributed by atoms with Gasteiger partial charge in [0.2, 0.25) is 0 Å². The number of ether oxygens (including phenoxy) is 3. The third-order valence-corrected chi connectivity index (χ3v) is 5.44. The molecular weight excluding hydrogens is 398 g/mol. The normalized spacial score (nSPS) is 17.6. The van der Waals surface area contributed by atoms with Gasteiger partial charge in [-0.25, -0.2) is 0 Å². The fourth-order valence-electron chi connectivity index (χ4n) is 4.01. The van der Waals surface area contributed by atoms with Crippen molar-refractivity contribution in [3.05, 3.63) is 52.6 Å². The number of aromatic hydroxyl groups is 1. The molecule has 0 fully saturated rings. The molecule has 0 radical (unpaired) electrons. The van der Waals surface area contributed by atoms with Gasteiger partial charge in [-0.05, 0) is 49.4 Å². The van der Waals surface area contributed by atoms with E-state index in [9.17, 15) is 9.90 Å². The minimum atomic E-state index is -0.933. The molecule has 166 valence electrons. The molecule has 3 rings (SSSR count). The van der Waals surface area contributed by atoms with Crippen LogP contribution in [0.25, 0.3) is 6.08 Å². The molecule has 0 unspecified atom stereocenters. The van der Waals surface area contributed by atoms with Crippen molar-refractivity contribution in [3.63, 3.8) is 0 Å². The molecule has 0 bridgehead atoms. The number of methoxy groups -OCH3 is 2. The maximum absolute atomic E-state index is 11.0. The fraction of sp³-hybridized carbons (Fsp3) is 0.375. The molecule has 2 atom stereocenters. The maximum atomic E-state index is 11.0. The third kappa shape index (κ3) is 4.61. The van der Waals surface area contributed by atoms with Crippen LogP contribution in [-0.2, 0) is 11.3 Å². The van der Waals surface area contributed by atoms with Crippen LogP contribution in [0, 0.1) is 0 Å². The van der Waals surface area contributed by atoms with E-state index in [1.807, 2.05) is 31.2 Å². The van der Waals surface area contributed by atoms with E-state index in [0.29, 0.717) is 22.8 Å². The van der Waals surface area contributed by atoms with Gasteiger partial charge in [-0.1, -0.05) is 19.1 Å². The number of hydrogen-bond acceptors (Lipinski definition) is 6. The zero-order chi connectivity index (χ0) is 22.7. The largest absolute Gasteiger partial charge is 0.504 e. The molecular formula is C24H29NO6. The Kier molecular flexibility index (Phi) is 6.75. The standard InChI is InChI=1S/C24H29NO6/c1-6-7-15-8-18-14(2)23(31-24(18)20(9-15)30-5)16-10-17(12-25(3)13-21(26)27)22(28)19(11-16)29-4/h6-11,14,23,28H,12-13H2,1-5H3,(H,26,27)/b7-6+/t14-,23-/m1/s1. The van der Waals surface area contributed by atoms with Crippen molar-refractivity contribution >= 4 is 12.0 Å². The summed E-state index contributed by atoms with van der Waals surface area (Å²) < 4.78 is 17.3. The molecule has 0 aromatic heterocycles. The summed E-state index contributed by atoms with van der Waals surface area (Å²) in [5.41, 5.74) is 3.50. The van der Waals surface area contributed by atoms with Crippen molar-refractivity contribution in [2.45, 2.75) is 32.4 Å². The Labute approximate surface area is 182 Å². The van der Waals surface area contributed by atoms with Crippen molar-refractivity contribution in [3.8, 4) is 23.0 Å². The van der Waals surface area contributed by atoms with E-state index in [1.165, 1.54) is 7.11 Å². The summed E-state index contributed by atoms with van der Waals surface area (Å²) in [6, 6.07) is 7.66. The van der Waals surface area contributed by atoms with E-state index in [-0.39, 0.29) is 30.9 Å². The Morgan fingerprint density at radius 2 is 1.90 bits per heavy atom.